The monoisotopic (exact) mass is 158 g/mol. The van der Waals surface area contributed by atoms with Crippen molar-refractivity contribution in [1.29, 1.82) is 0 Å². The van der Waals surface area contributed by atoms with E-state index in [1.165, 1.54) is 7.11 Å². The van der Waals surface area contributed by atoms with Gasteiger partial charge in [-0.15, -0.1) is 6.58 Å². The number of hydrogen-bond donors (Lipinski definition) is 0. The largest absolute Gasteiger partial charge is 0.467 e. The Bertz CT molecular complexity index is 131. The molecule has 64 valence electrons. The minimum Gasteiger partial charge on any atom is -0.467 e. The van der Waals surface area contributed by atoms with Crippen molar-refractivity contribution < 1.29 is 14.3 Å². The molecule has 0 N–H and O–H groups in total. The number of methoxy groups -OCH3 is 1. The quantitative estimate of drug-likeness (QED) is 0.342. The Labute approximate surface area is 67.0 Å². The van der Waals surface area contributed by atoms with E-state index in [0.717, 1.165) is 6.42 Å². The van der Waals surface area contributed by atoms with Crippen molar-refractivity contribution in [2.24, 2.45) is 0 Å². The molecule has 0 aliphatic heterocycles. The molecule has 0 saturated heterocycles. The zero-order chi connectivity index (χ0) is 8.69. The summed E-state index contributed by atoms with van der Waals surface area (Å²) in [7, 11) is 1.34. The van der Waals surface area contributed by atoms with Crippen LogP contribution in [0.2, 0.25) is 0 Å². The number of rotatable bonds is 5. The topological polar surface area (TPSA) is 35.5 Å². The Kier molecular flexibility index (Phi) is 5.47. The second-order valence-corrected chi connectivity index (χ2v) is 2.11. The fourth-order valence-electron chi connectivity index (χ4n) is 0.562. The Morgan fingerprint density at radius 3 is 2.82 bits per heavy atom. The van der Waals surface area contributed by atoms with E-state index in [0.29, 0.717) is 6.61 Å². The summed E-state index contributed by atoms with van der Waals surface area (Å²) >= 11 is 0. The van der Waals surface area contributed by atoms with Crippen molar-refractivity contribution in [2.45, 2.75) is 19.4 Å². The van der Waals surface area contributed by atoms with E-state index in [1.807, 2.05) is 0 Å². The van der Waals surface area contributed by atoms with Gasteiger partial charge < -0.3 is 9.47 Å². The zero-order valence-electron chi connectivity index (χ0n) is 7.00. The van der Waals surface area contributed by atoms with E-state index in [1.54, 1.807) is 13.0 Å². The number of carbonyl (C=O) groups excluding carboxylic acids is 1. The highest BCUT2D eigenvalue weighted by Gasteiger charge is 2.11. The summed E-state index contributed by atoms with van der Waals surface area (Å²) in [4.78, 5) is 10.7. The van der Waals surface area contributed by atoms with Crippen LogP contribution in [0.25, 0.3) is 0 Å². The minimum absolute atomic E-state index is 0.339. The lowest BCUT2D eigenvalue weighted by Gasteiger charge is -2.08. The summed E-state index contributed by atoms with van der Waals surface area (Å²) in [5.41, 5.74) is 0. The molecule has 0 aromatic rings. The van der Waals surface area contributed by atoms with Crippen molar-refractivity contribution >= 4 is 5.97 Å². The lowest BCUT2D eigenvalue weighted by Crippen LogP contribution is -2.22. The first-order valence-electron chi connectivity index (χ1n) is 3.52. The molecule has 0 radical (unpaired) electrons. The maximum absolute atomic E-state index is 10.7. The number of esters is 1. The smallest absolute Gasteiger partial charge is 0.334 e. The maximum Gasteiger partial charge on any atom is 0.334 e. The highest BCUT2D eigenvalue weighted by atomic mass is 16.6. The molecule has 11 heavy (non-hydrogen) atoms. The highest BCUT2D eigenvalue weighted by Crippen LogP contribution is 1.94. The summed E-state index contributed by atoms with van der Waals surface area (Å²) < 4.78 is 9.54. The van der Waals surface area contributed by atoms with Crippen LogP contribution in [0.1, 0.15) is 13.3 Å². The predicted octanol–water partition coefficient (Wildman–Crippen LogP) is 1.14. The van der Waals surface area contributed by atoms with Crippen LogP contribution in [0.15, 0.2) is 12.7 Å². The van der Waals surface area contributed by atoms with Crippen LogP contribution in [0, 0.1) is 0 Å². The zero-order valence-corrected chi connectivity index (χ0v) is 7.00. The number of carbonyl (C=O) groups is 1. The highest BCUT2D eigenvalue weighted by molar-refractivity contribution is 5.73. The van der Waals surface area contributed by atoms with Gasteiger partial charge in [-0.2, -0.15) is 0 Å². The molecule has 0 heterocycles. The average molecular weight is 158 g/mol. The SMILES string of the molecule is C=CCCO[C@H](C)C(=O)OC. The average Bonchev–Trinajstić information content (AvgIpc) is 2.03. The summed E-state index contributed by atoms with van der Waals surface area (Å²) in [6, 6.07) is 0. The molecule has 0 fully saturated rings. The van der Waals surface area contributed by atoms with Crippen LogP contribution < -0.4 is 0 Å². The van der Waals surface area contributed by atoms with E-state index in [9.17, 15) is 4.79 Å². The normalized spacial score (nSPS) is 12.2. The number of ether oxygens (including phenoxy) is 2. The lowest BCUT2D eigenvalue weighted by molar-refractivity contribution is -0.152. The molecule has 0 saturated carbocycles. The Balaban J connectivity index is 3.43. The van der Waals surface area contributed by atoms with Crippen LogP contribution in [0.3, 0.4) is 0 Å². The Morgan fingerprint density at radius 1 is 1.73 bits per heavy atom. The third-order valence-corrected chi connectivity index (χ3v) is 1.22. The van der Waals surface area contributed by atoms with Gasteiger partial charge in [0.2, 0.25) is 0 Å². The van der Waals surface area contributed by atoms with Crippen LogP contribution in [-0.4, -0.2) is 25.8 Å². The third-order valence-electron chi connectivity index (χ3n) is 1.22. The lowest BCUT2D eigenvalue weighted by atomic mass is 10.4. The summed E-state index contributed by atoms with van der Waals surface area (Å²) in [6.07, 6.45) is 2.02. The first-order chi connectivity index (χ1) is 5.22. The second kappa shape index (κ2) is 5.92. The Hall–Kier alpha value is -0.830. The van der Waals surface area contributed by atoms with Gasteiger partial charge >= 0.3 is 5.97 Å². The van der Waals surface area contributed by atoms with Gasteiger partial charge in [0.1, 0.15) is 0 Å². The van der Waals surface area contributed by atoms with Gasteiger partial charge in [-0.25, -0.2) is 4.79 Å². The molecule has 0 unspecified atom stereocenters. The predicted molar refractivity (Wildman–Crippen MR) is 42.2 cm³/mol. The van der Waals surface area contributed by atoms with Gasteiger partial charge in [0.15, 0.2) is 6.10 Å². The molecule has 0 bridgehead atoms. The van der Waals surface area contributed by atoms with E-state index in [2.05, 4.69) is 11.3 Å². The Morgan fingerprint density at radius 2 is 2.36 bits per heavy atom. The van der Waals surface area contributed by atoms with E-state index >= 15 is 0 Å². The molecule has 0 aliphatic rings. The first-order valence-corrected chi connectivity index (χ1v) is 3.52. The van der Waals surface area contributed by atoms with Gasteiger partial charge in [-0.05, 0) is 13.3 Å². The third kappa shape index (κ3) is 4.56. The molecule has 1 atom stereocenters. The van der Waals surface area contributed by atoms with Crippen molar-refractivity contribution in [2.75, 3.05) is 13.7 Å². The van der Waals surface area contributed by atoms with Crippen molar-refractivity contribution in [3.63, 3.8) is 0 Å². The summed E-state index contributed by atoms with van der Waals surface area (Å²) in [5.74, 6) is -0.339. The van der Waals surface area contributed by atoms with Gasteiger partial charge in [0, 0.05) is 0 Å². The molecule has 0 rings (SSSR count). The van der Waals surface area contributed by atoms with Crippen LogP contribution in [0.4, 0.5) is 0 Å². The van der Waals surface area contributed by atoms with E-state index in [-0.39, 0.29) is 5.97 Å². The molecule has 0 aromatic heterocycles. The van der Waals surface area contributed by atoms with Crippen LogP contribution in [-0.2, 0) is 14.3 Å². The molecule has 3 nitrogen and oxygen atoms in total. The summed E-state index contributed by atoms with van der Waals surface area (Å²) in [5, 5.41) is 0. The first kappa shape index (κ1) is 10.2. The molecular formula is C8H14O3. The molecule has 0 aliphatic carbocycles. The van der Waals surface area contributed by atoms with Crippen LogP contribution >= 0.6 is 0 Å². The summed E-state index contributed by atoms with van der Waals surface area (Å²) in [6.45, 7) is 5.70. The van der Waals surface area contributed by atoms with Crippen molar-refractivity contribution in [1.82, 2.24) is 0 Å². The van der Waals surface area contributed by atoms with Gasteiger partial charge in [-0.3, -0.25) is 0 Å². The maximum atomic E-state index is 10.7. The molecule has 0 aromatic carbocycles. The van der Waals surface area contributed by atoms with Crippen molar-refractivity contribution in [3.8, 4) is 0 Å². The van der Waals surface area contributed by atoms with Crippen molar-refractivity contribution in [3.05, 3.63) is 12.7 Å². The second-order valence-electron chi connectivity index (χ2n) is 2.11. The van der Waals surface area contributed by atoms with Gasteiger partial charge in [0.05, 0.1) is 13.7 Å². The molecule has 0 amide bonds. The fraction of sp³-hybridized carbons (Fsp3) is 0.625. The molecule has 3 heteroatoms. The minimum atomic E-state index is -0.472. The molecule has 0 spiro atoms. The number of hydrogen-bond acceptors (Lipinski definition) is 3. The van der Waals surface area contributed by atoms with E-state index < -0.39 is 6.10 Å². The standard InChI is InChI=1S/C8H14O3/c1-4-5-6-11-7(2)8(9)10-3/h4,7H,1,5-6H2,2-3H3/t7-/m1/s1. The van der Waals surface area contributed by atoms with Gasteiger partial charge in [0.25, 0.3) is 0 Å². The molecular weight excluding hydrogens is 144 g/mol. The van der Waals surface area contributed by atoms with Gasteiger partial charge in [-0.1, -0.05) is 6.08 Å². The van der Waals surface area contributed by atoms with Crippen LogP contribution in [0.5, 0.6) is 0 Å². The fourth-order valence-corrected chi connectivity index (χ4v) is 0.562. The van der Waals surface area contributed by atoms with E-state index in [4.69, 9.17) is 4.74 Å².